The van der Waals surface area contributed by atoms with Crippen LogP contribution in [-0.4, -0.2) is 39.6 Å². The van der Waals surface area contributed by atoms with Gasteiger partial charge in [-0.05, 0) is 60.6 Å². The van der Waals surface area contributed by atoms with Crippen molar-refractivity contribution in [3.05, 3.63) is 59.0 Å². The summed E-state index contributed by atoms with van der Waals surface area (Å²) in [5.74, 6) is -2.81. The SMILES string of the molecule is [2H]C([2H])(C)C(C)(C)c1cc2cc(CC(=O)C3(c4ccc5c(c4)OC(F)(F)O5)C([2H])([2H])C3([2H])[2H])c(F)cc2n1C[C@@H](O)CO. The van der Waals surface area contributed by atoms with Gasteiger partial charge in [0.25, 0.3) is 0 Å². The van der Waals surface area contributed by atoms with Crippen LogP contribution in [0.3, 0.4) is 0 Å². The molecule has 2 heterocycles. The quantitative estimate of drug-likeness (QED) is 0.413. The predicted octanol–water partition coefficient (Wildman–Crippen LogP) is 4.99. The summed E-state index contributed by atoms with van der Waals surface area (Å²) in [4.78, 5) is 13.8. The van der Waals surface area contributed by atoms with Crippen LogP contribution in [0.2, 0.25) is 0 Å². The van der Waals surface area contributed by atoms with Gasteiger partial charge in [-0.25, -0.2) is 4.39 Å². The smallest absolute Gasteiger partial charge is 0.395 e. The highest BCUT2D eigenvalue weighted by atomic mass is 19.3. The van der Waals surface area contributed by atoms with Gasteiger partial charge in [-0.3, -0.25) is 4.79 Å². The summed E-state index contributed by atoms with van der Waals surface area (Å²) in [5, 5.41) is 20.0. The maximum Gasteiger partial charge on any atom is 0.586 e. The van der Waals surface area contributed by atoms with Gasteiger partial charge in [0.1, 0.15) is 11.6 Å². The van der Waals surface area contributed by atoms with Gasteiger partial charge in [-0.15, -0.1) is 8.78 Å². The third kappa shape index (κ3) is 4.48. The number of benzene rings is 2. The zero-order valence-electron chi connectivity index (χ0n) is 26.4. The molecule has 3 aromatic rings. The van der Waals surface area contributed by atoms with Crippen molar-refractivity contribution in [2.45, 2.75) is 76.1 Å². The number of carbonyl (C=O) groups excluding carboxylic acids is 1. The Hall–Kier alpha value is -3.04. The van der Waals surface area contributed by atoms with Crippen molar-refractivity contribution in [2.75, 3.05) is 6.61 Å². The van der Waals surface area contributed by atoms with Crippen LogP contribution < -0.4 is 9.47 Å². The molecule has 2 aromatic carbocycles. The van der Waals surface area contributed by atoms with Crippen LogP contribution in [0.4, 0.5) is 13.2 Å². The number of hydrogen-bond acceptors (Lipinski definition) is 5. The second-order valence-corrected chi connectivity index (χ2v) is 9.78. The molecule has 0 bridgehead atoms. The van der Waals surface area contributed by atoms with Crippen molar-refractivity contribution in [1.29, 1.82) is 0 Å². The molecular formula is C28H30F3NO5. The van der Waals surface area contributed by atoms with Gasteiger partial charge >= 0.3 is 6.29 Å². The highest BCUT2D eigenvalue weighted by molar-refractivity contribution is 5.95. The third-order valence-electron chi connectivity index (χ3n) is 6.92. The van der Waals surface area contributed by atoms with E-state index in [9.17, 15) is 23.8 Å². The second-order valence-electron chi connectivity index (χ2n) is 9.78. The number of rotatable bonds is 9. The Kier molecular flexibility index (Phi) is 4.52. The maximum atomic E-state index is 15.6. The van der Waals surface area contributed by atoms with Crippen LogP contribution in [0.15, 0.2) is 36.4 Å². The minimum absolute atomic E-state index is 0.181. The second kappa shape index (κ2) is 8.77. The summed E-state index contributed by atoms with van der Waals surface area (Å²) >= 11 is 0. The van der Waals surface area contributed by atoms with E-state index in [2.05, 4.69) is 9.47 Å². The Morgan fingerprint density at radius 3 is 2.57 bits per heavy atom. The van der Waals surface area contributed by atoms with Gasteiger partial charge in [0.2, 0.25) is 0 Å². The fourth-order valence-corrected chi connectivity index (χ4v) is 4.57. The molecule has 37 heavy (non-hydrogen) atoms. The lowest BCUT2D eigenvalue weighted by Gasteiger charge is -2.26. The number of Topliss-reactive ketones (excluding diaryl/α,β-unsaturated/α-hetero) is 1. The molecule has 0 amide bonds. The molecule has 1 saturated carbocycles. The van der Waals surface area contributed by atoms with Gasteiger partial charge in [-0.1, -0.05) is 26.8 Å². The van der Waals surface area contributed by atoms with Crippen molar-refractivity contribution in [3.8, 4) is 11.5 Å². The van der Waals surface area contributed by atoms with Crippen molar-refractivity contribution < 1.29 is 45.9 Å². The Morgan fingerprint density at radius 1 is 1.22 bits per heavy atom. The molecule has 2 N–H and O–H groups in total. The van der Waals surface area contributed by atoms with E-state index >= 15 is 4.39 Å². The van der Waals surface area contributed by atoms with Crippen molar-refractivity contribution >= 4 is 16.7 Å². The lowest BCUT2D eigenvalue weighted by atomic mass is 9.86. The first kappa shape index (κ1) is 19.1. The van der Waals surface area contributed by atoms with Gasteiger partial charge in [-0.2, -0.15) is 0 Å². The monoisotopic (exact) mass is 523 g/mol. The van der Waals surface area contributed by atoms with Gasteiger partial charge in [0.05, 0.1) is 30.2 Å². The number of hydrogen-bond donors (Lipinski definition) is 2. The number of ketones is 1. The molecular weight excluding hydrogens is 487 g/mol. The Bertz CT molecular complexity index is 1620. The number of alkyl halides is 2. The van der Waals surface area contributed by atoms with E-state index in [-0.39, 0.29) is 28.9 Å². The zero-order valence-corrected chi connectivity index (χ0v) is 20.4. The zero-order chi connectivity index (χ0) is 32.1. The van der Waals surface area contributed by atoms with E-state index in [1.807, 2.05) is 0 Å². The predicted molar refractivity (Wildman–Crippen MR) is 131 cm³/mol. The number of carbonyl (C=O) groups is 1. The summed E-state index contributed by atoms with van der Waals surface area (Å²) in [5.41, 5.74) is -3.47. The summed E-state index contributed by atoms with van der Waals surface area (Å²) in [6.45, 7) is 3.85. The molecule has 0 unspecified atom stereocenters. The number of halogens is 3. The van der Waals surface area contributed by atoms with E-state index in [1.54, 1.807) is 19.9 Å². The first-order valence-electron chi connectivity index (χ1n) is 14.7. The topological polar surface area (TPSA) is 80.9 Å². The third-order valence-corrected chi connectivity index (χ3v) is 6.92. The highest BCUT2D eigenvalue weighted by Gasteiger charge is 2.52. The summed E-state index contributed by atoms with van der Waals surface area (Å²) in [6.07, 6.45) is -13.3. The molecule has 5 rings (SSSR count). The average molecular weight is 524 g/mol. The van der Waals surface area contributed by atoms with E-state index in [4.69, 9.17) is 8.22 Å². The summed E-state index contributed by atoms with van der Waals surface area (Å²) in [6, 6.07) is 7.03. The average Bonchev–Trinajstić information content (AvgIpc) is 3.17. The van der Waals surface area contributed by atoms with E-state index in [0.29, 0.717) is 11.1 Å². The standard InChI is InChI=1S/C28H30F3NO5/c1-4-26(2,3)24-10-17-9-16(20(29)13-21(17)32(24)14-19(34)15-33)11-25(35)27(7-8-27)18-5-6-22-23(12-18)37-28(30,31)36-22/h5-6,9-10,12-13,19,33-34H,4,7-8,11,14-15H2,1-3H3/t19-/m1/s1/i4D2,7D2,8D2. The van der Waals surface area contributed by atoms with E-state index in [0.717, 1.165) is 24.3 Å². The van der Waals surface area contributed by atoms with E-state index < -0.39 is 72.7 Å². The van der Waals surface area contributed by atoms with Gasteiger partial charge in [0.15, 0.2) is 11.5 Å². The van der Waals surface area contributed by atoms with Crippen LogP contribution in [0, 0.1) is 5.82 Å². The molecule has 9 heteroatoms. The van der Waals surface area contributed by atoms with Gasteiger partial charge < -0.3 is 24.3 Å². The minimum atomic E-state index is -3.99. The molecule has 1 fully saturated rings. The number of aromatic nitrogens is 1. The molecule has 1 aromatic heterocycles. The van der Waals surface area contributed by atoms with Crippen LogP contribution in [0.5, 0.6) is 11.5 Å². The van der Waals surface area contributed by atoms with Crippen LogP contribution in [0.25, 0.3) is 10.9 Å². The van der Waals surface area contributed by atoms with Crippen LogP contribution >= 0.6 is 0 Å². The van der Waals surface area contributed by atoms with Gasteiger partial charge in [0, 0.05) is 31.1 Å². The lowest BCUT2D eigenvalue weighted by molar-refractivity contribution is -0.286. The Balaban J connectivity index is 1.59. The largest absolute Gasteiger partial charge is 0.586 e. The first-order valence-corrected chi connectivity index (χ1v) is 11.7. The fraction of sp³-hybridized carbons (Fsp3) is 0.464. The molecule has 0 spiro atoms. The normalized spacial score (nSPS) is 23.8. The highest BCUT2D eigenvalue weighted by Crippen LogP contribution is 2.52. The molecule has 1 atom stereocenters. The maximum absolute atomic E-state index is 15.6. The number of aliphatic hydroxyl groups is 2. The molecule has 1 aliphatic carbocycles. The Morgan fingerprint density at radius 2 is 1.92 bits per heavy atom. The molecule has 1 aliphatic heterocycles. The van der Waals surface area contributed by atoms with Crippen molar-refractivity contribution in [1.82, 2.24) is 4.57 Å². The summed E-state index contributed by atoms with van der Waals surface area (Å²) < 4.78 is 103. The molecule has 2 aliphatic rings. The minimum Gasteiger partial charge on any atom is -0.395 e. The molecule has 0 radical (unpaired) electrons. The van der Waals surface area contributed by atoms with Crippen LogP contribution in [-0.2, 0) is 28.6 Å². The molecule has 0 saturated heterocycles. The number of ether oxygens (including phenoxy) is 2. The lowest BCUT2D eigenvalue weighted by Crippen LogP contribution is -2.26. The first-order chi connectivity index (χ1) is 19.6. The van der Waals surface area contributed by atoms with E-state index in [1.165, 1.54) is 17.6 Å². The fourth-order valence-electron chi connectivity index (χ4n) is 4.57. The molecule has 6 nitrogen and oxygen atoms in total. The molecule has 198 valence electrons. The Labute approximate surface area is 221 Å². The van der Waals surface area contributed by atoms with Crippen molar-refractivity contribution in [2.24, 2.45) is 0 Å². The number of aliphatic hydroxyl groups excluding tert-OH is 2. The summed E-state index contributed by atoms with van der Waals surface area (Å²) in [7, 11) is 0. The number of nitrogens with zero attached hydrogens (tertiary/aromatic N) is 1. The number of fused-ring (bicyclic) bond motifs is 2. The van der Waals surface area contributed by atoms with Crippen molar-refractivity contribution in [3.63, 3.8) is 0 Å². The van der Waals surface area contributed by atoms with Crippen LogP contribution in [0.1, 0.15) is 64.9 Å².